The monoisotopic (exact) mass is 236 g/mol. The van der Waals surface area contributed by atoms with E-state index in [0.29, 0.717) is 5.02 Å². The number of aryl methyl sites for hydroxylation is 1. The summed E-state index contributed by atoms with van der Waals surface area (Å²) in [7, 11) is 2.04. The van der Waals surface area contributed by atoms with Crippen molar-refractivity contribution in [2.75, 3.05) is 24.2 Å². The number of hydrogen-bond donors (Lipinski definition) is 1. The van der Waals surface area contributed by atoms with Gasteiger partial charge in [-0.15, -0.1) is 0 Å². The number of fused-ring (bicyclic) bond motifs is 3. The zero-order chi connectivity index (χ0) is 11.3. The Labute approximate surface area is 98.6 Å². The van der Waals surface area contributed by atoms with Crippen molar-refractivity contribution >= 4 is 34.3 Å². The summed E-state index contributed by atoms with van der Waals surface area (Å²) in [6.45, 7) is 1.99. The minimum Gasteiger partial charge on any atom is -0.397 e. The highest BCUT2D eigenvalue weighted by atomic mass is 35.5. The molecule has 0 unspecified atom stereocenters. The molecule has 0 fully saturated rings. The maximum atomic E-state index is 6.15. The van der Waals surface area contributed by atoms with Crippen molar-refractivity contribution in [3.05, 3.63) is 17.2 Å². The Bertz CT molecular complexity index is 561. The molecule has 2 heterocycles. The van der Waals surface area contributed by atoms with Crippen LogP contribution in [-0.2, 0) is 6.54 Å². The first-order valence-electron chi connectivity index (χ1n) is 5.34. The summed E-state index contributed by atoms with van der Waals surface area (Å²) in [5, 5.41) is 0.666. The summed E-state index contributed by atoms with van der Waals surface area (Å²) in [5.74, 6) is 0.959. The summed E-state index contributed by atoms with van der Waals surface area (Å²) in [6.07, 6.45) is 1.11. The Kier molecular flexibility index (Phi) is 2.01. The fourth-order valence-corrected chi connectivity index (χ4v) is 2.48. The van der Waals surface area contributed by atoms with Crippen LogP contribution in [0.3, 0.4) is 0 Å². The molecule has 1 aromatic carbocycles. The molecule has 0 spiro atoms. The molecular formula is C11H13ClN4. The molecule has 0 saturated carbocycles. The second-order valence-corrected chi connectivity index (χ2v) is 4.58. The fraction of sp³-hybridized carbons (Fsp3) is 0.364. The molecule has 1 aliphatic rings. The van der Waals surface area contributed by atoms with E-state index in [0.717, 1.165) is 42.2 Å². The number of benzene rings is 1. The van der Waals surface area contributed by atoms with Crippen LogP contribution < -0.4 is 10.6 Å². The molecular weight excluding hydrogens is 224 g/mol. The van der Waals surface area contributed by atoms with E-state index >= 15 is 0 Å². The number of halogens is 1. The van der Waals surface area contributed by atoms with Crippen LogP contribution in [0.1, 0.15) is 6.42 Å². The molecule has 5 heteroatoms. The van der Waals surface area contributed by atoms with Gasteiger partial charge in [0.1, 0.15) is 5.52 Å². The summed E-state index contributed by atoms with van der Waals surface area (Å²) in [5.41, 5.74) is 8.52. The molecule has 2 N–H and O–H groups in total. The number of nitrogens with two attached hydrogens (primary N) is 1. The van der Waals surface area contributed by atoms with Crippen molar-refractivity contribution in [3.8, 4) is 0 Å². The minimum absolute atomic E-state index is 0.666. The van der Waals surface area contributed by atoms with Gasteiger partial charge in [0, 0.05) is 20.1 Å². The number of anilines is 2. The fourth-order valence-electron chi connectivity index (χ4n) is 2.29. The molecule has 2 aromatic rings. The van der Waals surface area contributed by atoms with Gasteiger partial charge in [-0.3, -0.25) is 0 Å². The van der Waals surface area contributed by atoms with E-state index in [1.807, 2.05) is 13.1 Å². The van der Waals surface area contributed by atoms with E-state index in [9.17, 15) is 0 Å². The van der Waals surface area contributed by atoms with E-state index < -0.39 is 0 Å². The van der Waals surface area contributed by atoms with Crippen LogP contribution in [0, 0.1) is 0 Å². The van der Waals surface area contributed by atoms with Crippen LogP contribution in [0.5, 0.6) is 0 Å². The van der Waals surface area contributed by atoms with Crippen molar-refractivity contribution in [2.24, 2.45) is 0 Å². The van der Waals surface area contributed by atoms with E-state index in [1.54, 1.807) is 6.07 Å². The topological polar surface area (TPSA) is 47.1 Å². The summed E-state index contributed by atoms with van der Waals surface area (Å²) in [6, 6.07) is 3.65. The minimum atomic E-state index is 0.666. The van der Waals surface area contributed by atoms with E-state index in [1.165, 1.54) is 0 Å². The van der Waals surface area contributed by atoms with Crippen molar-refractivity contribution in [1.82, 2.24) is 9.55 Å². The maximum Gasteiger partial charge on any atom is 0.206 e. The number of hydrogen-bond acceptors (Lipinski definition) is 3. The van der Waals surface area contributed by atoms with Gasteiger partial charge in [-0.25, -0.2) is 4.98 Å². The average molecular weight is 237 g/mol. The summed E-state index contributed by atoms with van der Waals surface area (Å²) in [4.78, 5) is 6.71. The Morgan fingerprint density at radius 1 is 1.38 bits per heavy atom. The second-order valence-electron chi connectivity index (χ2n) is 4.17. The van der Waals surface area contributed by atoms with Crippen LogP contribution in [0.15, 0.2) is 12.1 Å². The first kappa shape index (κ1) is 9.78. The van der Waals surface area contributed by atoms with E-state index in [2.05, 4.69) is 14.5 Å². The molecule has 84 valence electrons. The van der Waals surface area contributed by atoms with Gasteiger partial charge in [-0.1, -0.05) is 11.6 Å². The normalized spacial score (nSPS) is 15.5. The standard InChI is InChI=1S/C11H13ClN4/c1-15-5-2-6-16-10-8(13)4-3-7(12)9(10)14-11(15)16/h3-4H,2,5-6,13H2,1H3. The molecule has 1 aromatic heterocycles. The number of nitrogen functional groups attached to an aromatic ring is 1. The van der Waals surface area contributed by atoms with Crippen LogP contribution in [0.4, 0.5) is 11.6 Å². The first-order valence-corrected chi connectivity index (χ1v) is 5.71. The molecule has 16 heavy (non-hydrogen) atoms. The Balaban J connectivity index is 2.40. The third kappa shape index (κ3) is 1.19. The molecule has 0 amide bonds. The lowest BCUT2D eigenvalue weighted by Crippen LogP contribution is -2.28. The quantitative estimate of drug-likeness (QED) is 0.713. The van der Waals surface area contributed by atoms with Gasteiger partial charge in [0.05, 0.1) is 16.2 Å². The predicted octanol–water partition coefficient (Wildman–Crippen LogP) is 2.11. The van der Waals surface area contributed by atoms with Crippen molar-refractivity contribution in [1.29, 1.82) is 0 Å². The molecule has 0 radical (unpaired) electrons. The lowest BCUT2D eigenvalue weighted by atomic mass is 10.2. The summed E-state index contributed by atoms with van der Waals surface area (Å²) >= 11 is 6.15. The molecule has 1 aliphatic heterocycles. The van der Waals surface area contributed by atoms with E-state index in [4.69, 9.17) is 17.3 Å². The zero-order valence-electron chi connectivity index (χ0n) is 9.07. The first-order chi connectivity index (χ1) is 7.68. The maximum absolute atomic E-state index is 6.15. The van der Waals surface area contributed by atoms with Gasteiger partial charge in [0.2, 0.25) is 5.95 Å². The Hall–Kier alpha value is -1.42. The van der Waals surface area contributed by atoms with Crippen molar-refractivity contribution in [2.45, 2.75) is 13.0 Å². The highest BCUT2D eigenvalue weighted by Gasteiger charge is 2.21. The van der Waals surface area contributed by atoms with Gasteiger partial charge in [0.15, 0.2) is 0 Å². The van der Waals surface area contributed by atoms with Gasteiger partial charge in [-0.05, 0) is 18.6 Å². The van der Waals surface area contributed by atoms with Crippen LogP contribution in [-0.4, -0.2) is 23.1 Å². The molecule has 0 bridgehead atoms. The van der Waals surface area contributed by atoms with Gasteiger partial charge < -0.3 is 15.2 Å². The van der Waals surface area contributed by atoms with Crippen LogP contribution in [0.25, 0.3) is 11.0 Å². The second kappa shape index (κ2) is 3.28. The molecule has 0 aliphatic carbocycles. The Morgan fingerprint density at radius 2 is 2.19 bits per heavy atom. The highest BCUT2D eigenvalue weighted by molar-refractivity contribution is 6.35. The lowest BCUT2D eigenvalue weighted by Gasteiger charge is -2.25. The van der Waals surface area contributed by atoms with Crippen molar-refractivity contribution < 1.29 is 0 Å². The third-order valence-electron chi connectivity index (χ3n) is 3.07. The van der Waals surface area contributed by atoms with Gasteiger partial charge in [0.25, 0.3) is 0 Å². The third-order valence-corrected chi connectivity index (χ3v) is 3.38. The number of imidazole rings is 1. The number of aromatic nitrogens is 2. The van der Waals surface area contributed by atoms with Gasteiger partial charge in [-0.2, -0.15) is 0 Å². The summed E-state index contributed by atoms with van der Waals surface area (Å²) < 4.78 is 2.15. The lowest BCUT2D eigenvalue weighted by molar-refractivity contribution is 0.591. The molecule has 0 atom stereocenters. The average Bonchev–Trinajstić information content (AvgIpc) is 2.66. The Morgan fingerprint density at radius 3 is 3.00 bits per heavy atom. The number of rotatable bonds is 0. The van der Waals surface area contributed by atoms with Crippen molar-refractivity contribution in [3.63, 3.8) is 0 Å². The largest absolute Gasteiger partial charge is 0.397 e. The smallest absolute Gasteiger partial charge is 0.206 e. The zero-order valence-corrected chi connectivity index (χ0v) is 9.83. The van der Waals surface area contributed by atoms with Crippen LogP contribution >= 0.6 is 11.6 Å². The van der Waals surface area contributed by atoms with Gasteiger partial charge >= 0.3 is 0 Å². The van der Waals surface area contributed by atoms with Crippen LogP contribution in [0.2, 0.25) is 5.02 Å². The molecule has 0 saturated heterocycles. The highest BCUT2D eigenvalue weighted by Crippen LogP contribution is 2.33. The molecule has 3 rings (SSSR count). The molecule has 4 nitrogen and oxygen atoms in total. The number of nitrogens with zero attached hydrogens (tertiary/aromatic N) is 3. The van der Waals surface area contributed by atoms with E-state index in [-0.39, 0.29) is 0 Å². The SMILES string of the molecule is CN1CCCn2c1nc1c(Cl)ccc(N)c12. The predicted molar refractivity (Wildman–Crippen MR) is 67.0 cm³/mol.